The molecule has 3 rings (SSSR count). The number of nitrogens with one attached hydrogen (secondary N) is 1. The van der Waals surface area contributed by atoms with Crippen molar-refractivity contribution in [3.8, 4) is 17.2 Å². The van der Waals surface area contributed by atoms with Crippen molar-refractivity contribution in [1.29, 1.82) is 0 Å². The molecule has 8 heteroatoms. The molecule has 1 atom stereocenters. The number of carbonyl (C=O) groups excluding carboxylic acids is 1. The van der Waals surface area contributed by atoms with Crippen molar-refractivity contribution in [1.82, 2.24) is 10.3 Å². The van der Waals surface area contributed by atoms with Gasteiger partial charge in [-0.25, -0.2) is 9.37 Å². The smallest absolute Gasteiger partial charge is 0.325 e. The topological polar surface area (TPSA) is 109 Å². The molecule has 28 heavy (non-hydrogen) atoms. The Labute approximate surface area is 159 Å². The van der Waals surface area contributed by atoms with E-state index in [1.807, 2.05) is 0 Å². The number of hydrogen-bond donors (Lipinski definition) is 3. The first-order valence-corrected chi connectivity index (χ1v) is 8.36. The van der Waals surface area contributed by atoms with Crippen LogP contribution in [0.3, 0.4) is 0 Å². The Morgan fingerprint density at radius 2 is 1.75 bits per heavy atom. The zero-order valence-corrected chi connectivity index (χ0v) is 15.1. The third-order valence-corrected chi connectivity index (χ3v) is 4.12. The van der Waals surface area contributed by atoms with Crippen LogP contribution >= 0.6 is 0 Å². The van der Waals surface area contributed by atoms with Gasteiger partial charge in [0.1, 0.15) is 23.4 Å². The number of carbonyl (C=O) groups is 2. The number of aromatic hydroxyl groups is 1. The fraction of sp³-hybridized carbons (Fsp3) is 0.150. The van der Waals surface area contributed by atoms with Crippen LogP contribution in [0.4, 0.5) is 4.39 Å². The third kappa shape index (κ3) is 3.85. The molecule has 0 fully saturated rings. The maximum absolute atomic E-state index is 13.0. The Bertz CT molecular complexity index is 1070. The summed E-state index contributed by atoms with van der Waals surface area (Å²) in [5.74, 6) is -1.84. The lowest BCUT2D eigenvalue weighted by Gasteiger charge is -2.13. The van der Waals surface area contributed by atoms with Crippen molar-refractivity contribution in [2.45, 2.75) is 19.9 Å². The van der Waals surface area contributed by atoms with Gasteiger partial charge in [0, 0.05) is 16.5 Å². The molecule has 0 saturated heterocycles. The number of rotatable bonds is 5. The summed E-state index contributed by atoms with van der Waals surface area (Å²) >= 11 is 0. The largest absolute Gasteiger partial charge is 0.505 e. The molecule has 1 unspecified atom stereocenters. The van der Waals surface area contributed by atoms with E-state index in [1.165, 1.54) is 31.2 Å². The molecule has 3 aromatic rings. The Kier molecular flexibility index (Phi) is 5.12. The lowest BCUT2D eigenvalue weighted by molar-refractivity contribution is -0.138. The molecule has 0 aliphatic heterocycles. The van der Waals surface area contributed by atoms with E-state index in [1.54, 1.807) is 25.1 Å². The number of aliphatic carboxylic acids is 1. The Morgan fingerprint density at radius 1 is 1.11 bits per heavy atom. The monoisotopic (exact) mass is 384 g/mol. The zero-order chi connectivity index (χ0) is 20.4. The van der Waals surface area contributed by atoms with Crippen molar-refractivity contribution in [3.63, 3.8) is 0 Å². The number of carboxylic acids is 1. The molecule has 2 aromatic carbocycles. The molecule has 0 bridgehead atoms. The summed E-state index contributed by atoms with van der Waals surface area (Å²) in [7, 11) is 0. The number of benzene rings is 2. The number of halogens is 1. The number of hydrogen-bond acceptors (Lipinski definition) is 5. The minimum Gasteiger partial charge on any atom is -0.505 e. The van der Waals surface area contributed by atoms with Crippen molar-refractivity contribution < 1.29 is 28.9 Å². The molecule has 0 radical (unpaired) electrons. The van der Waals surface area contributed by atoms with Crippen LogP contribution in [0.5, 0.6) is 17.2 Å². The highest BCUT2D eigenvalue weighted by molar-refractivity contribution is 6.03. The molecule has 7 nitrogen and oxygen atoms in total. The molecule has 1 amide bonds. The van der Waals surface area contributed by atoms with E-state index >= 15 is 0 Å². The van der Waals surface area contributed by atoms with Crippen LogP contribution < -0.4 is 10.1 Å². The maximum atomic E-state index is 13.0. The van der Waals surface area contributed by atoms with Crippen molar-refractivity contribution in [2.75, 3.05) is 0 Å². The first-order chi connectivity index (χ1) is 13.3. The molecule has 1 aromatic heterocycles. The molecule has 1 heterocycles. The second-order valence-corrected chi connectivity index (χ2v) is 6.19. The number of aromatic nitrogens is 1. The van der Waals surface area contributed by atoms with Crippen LogP contribution in [0.2, 0.25) is 0 Å². The van der Waals surface area contributed by atoms with Gasteiger partial charge in [0.15, 0.2) is 11.4 Å². The SMILES string of the molecule is Cc1nc(C(=O)NC(C)C(=O)O)c(O)c2ccc(Oc3ccc(F)cc3)cc12. The quantitative estimate of drug-likeness (QED) is 0.622. The number of amides is 1. The van der Waals surface area contributed by atoms with Crippen LogP contribution in [0.25, 0.3) is 10.8 Å². The molecular weight excluding hydrogens is 367 g/mol. The molecule has 144 valence electrons. The normalized spacial score (nSPS) is 11.8. The van der Waals surface area contributed by atoms with E-state index < -0.39 is 17.9 Å². The number of pyridine rings is 1. The number of nitrogens with zero attached hydrogens (tertiary/aromatic N) is 1. The number of ether oxygens (including phenoxy) is 1. The highest BCUT2D eigenvalue weighted by atomic mass is 19.1. The number of fused-ring (bicyclic) bond motifs is 1. The Morgan fingerprint density at radius 3 is 2.39 bits per heavy atom. The van der Waals surface area contributed by atoms with Gasteiger partial charge in [0.25, 0.3) is 5.91 Å². The molecule has 0 spiro atoms. The van der Waals surface area contributed by atoms with Gasteiger partial charge in [-0.2, -0.15) is 0 Å². The second kappa shape index (κ2) is 7.51. The van der Waals surface area contributed by atoms with Crippen molar-refractivity contribution >= 4 is 22.6 Å². The minimum absolute atomic E-state index is 0.259. The summed E-state index contributed by atoms with van der Waals surface area (Å²) in [6.45, 7) is 2.96. The number of aryl methyl sites for hydroxylation is 1. The van der Waals surface area contributed by atoms with Gasteiger partial charge in [0.05, 0.1) is 0 Å². The third-order valence-electron chi connectivity index (χ3n) is 4.12. The fourth-order valence-electron chi connectivity index (χ4n) is 2.62. The summed E-state index contributed by atoms with van der Waals surface area (Å²) in [5, 5.41) is 22.5. The summed E-state index contributed by atoms with van der Waals surface area (Å²) in [6, 6.07) is 9.19. The Hall–Kier alpha value is -3.68. The molecule has 0 saturated carbocycles. The van der Waals surface area contributed by atoms with Crippen LogP contribution in [-0.2, 0) is 4.79 Å². The van der Waals surface area contributed by atoms with Gasteiger partial charge in [-0.1, -0.05) is 0 Å². The van der Waals surface area contributed by atoms with E-state index in [2.05, 4.69) is 10.3 Å². The summed E-state index contributed by atoms with van der Waals surface area (Å²) in [5.41, 5.74) is 0.191. The zero-order valence-electron chi connectivity index (χ0n) is 15.1. The van der Waals surface area contributed by atoms with Crippen LogP contribution in [-0.4, -0.2) is 33.1 Å². The van der Waals surface area contributed by atoms with E-state index in [9.17, 15) is 19.1 Å². The van der Waals surface area contributed by atoms with Crippen molar-refractivity contribution in [3.05, 3.63) is 59.7 Å². The van der Waals surface area contributed by atoms with Gasteiger partial charge in [0.2, 0.25) is 0 Å². The predicted molar refractivity (Wildman–Crippen MR) is 99.2 cm³/mol. The van der Waals surface area contributed by atoms with Crippen LogP contribution in [0, 0.1) is 12.7 Å². The summed E-state index contributed by atoms with van der Waals surface area (Å²) in [4.78, 5) is 27.3. The predicted octanol–water partition coefficient (Wildman–Crippen LogP) is 3.38. The van der Waals surface area contributed by atoms with E-state index in [0.717, 1.165) is 0 Å². The van der Waals surface area contributed by atoms with Gasteiger partial charge >= 0.3 is 5.97 Å². The van der Waals surface area contributed by atoms with Gasteiger partial charge in [-0.05, 0) is 56.3 Å². The van der Waals surface area contributed by atoms with Crippen LogP contribution in [0.15, 0.2) is 42.5 Å². The second-order valence-electron chi connectivity index (χ2n) is 6.19. The lowest BCUT2D eigenvalue weighted by Crippen LogP contribution is -2.38. The fourth-order valence-corrected chi connectivity index (χ4v) is 2.62. The maximum Gasteiger partial charge on any atom is 0.325 e. The highest BCUT2D eigenvalue weighted by Gasteiger charge is 2.22. The van der Waals surface area contributed by atoms with Gasteiger partial charge in [-0.3, -0.25) is 9.59 Å². The van der Waals surface area contributed by atoms with Gasteiger partial charge < -0.3 is 20.3 Å². The average molecular weight is 384 g/mol. The number of carboxylic acid groups (broad SMARTS) is 1. The summed E-state index contributed by atoms with van der Waals surface area (Å²) in [6.07, 6.45) is 0. The molecule has 0 aliphatic carbocycles. The lowest BCUT2D eigenvalue weighted by atomic mass is 10.1. The molecular formula is C20H17FN2O5. The van der Waals surface area contributed by atoms with E-state index in [4.69, 9.17) is 9.84 Å². The van der Waals surface area contributed by atoms with Crippen LogP contribution in [0.1, 0.15) is 23.1 Å². The van der Waals surface area contributed by atoms with E-state index in [0.29, 0.717) is 28.0 Å². The molecule has 3 N–H and O–H groups in total. The minimum atomic E-state index is -1.20. The standard InChI is InChI=1S/C20H17FN2O5/c1-10-16-9-14(28-13-5-3-12(21)4-6-13)7-8-15(16)18(24)17(22-10)19(25)23-11(2)20(26)27/h3-9,11,24H,1-2H3,(H,23,25)(H,26,27). The van der Waals surface area contributed by atoms with Crippen molar-refractivity contribution in [2.24, 2.45) is 0 Å². The van der Waals surface area contributed by atoms with Gasteiger partial charge in [-0.15, -0.1) is 0 Å². The molecule has 0 aliphatic rings. The summed E-state index contributed by atoms with van der Waals surface area (Å²) < 4.78 is 18.7. The first-order valence-electron chi connectivity index (χ1n) is 8.36. The Balaban J connectivity index is 1.95. The average Bonchev–Trinajstić information content (AvgIpc) is 2.66. The highest BCUT2D eigenvalue weighted by Crippen LogP contribution is 2.33. The first kappa shape index (κ1) is 19.1. The van der Waals surface area contributed by atoms with E-state index in [-0.39, 0.29) is 17.3 Å².